The Morgan fingerprint density at radius 3 is 2.63 bits per heavy atom. The van der Waals surface area contributed by atoms with E-state index in [2.05, 4.69) is 10.6 Å². The molecular formula is C24H33N5O6. The van der Waals surface area contributed by atoms with Gasteiger partial charge < -0.3 is 25.6 Å². The number of imide groups is 1. The maximum Gasteiger partial charge on any atom is 0.410 e. The molecule has 1 atom stereocenters. The molecule has 3 rings (SSSR count). The van der Waals surface area contributed by atoms with Gasteiger partial charge in [-0.3, -0.25) is 24.5 Å². The zero-order chi connectivity index (χ0) is 25.8. The SMILES string of the molecule is CC(C)(C)OC(=O)N(CCN)CCCC(=O)Nc1cccc2c1CN(C1CCC(=O)NC1=O)C2=O. The molecule has 1 saturated heterocycles. The Kier molecular flexibility index (Phi) is 8.11. The second-order valence-corrected chi connectivity index (χ2v) is 9.64. The highest BCUT2D eigenvalue weighted by atomic mass is 16.6. The van der Waals surface area contributed by atoms with Crippen molar-refractivity contribution in [1.29, 1.82) is 0 Å². The van der Waals surface area contributed by atoms with Gasteiger partial charge in [-0.15, -0.1) is 0 Å². The summed E-state index contributed by atoms with van der Waals surface area (Å²) in [5, 5.41) is 5.12. The highest BCUT2D eigenvalue weighted by Gasteiger charge is 2.40. The molecule has 2 aliphatic rings. The Balaban J connectivity index is 1.59. The fourth-order valence-electron chi connectivity index (χ4n) is 4.12. The fourth-order valence-corrected chi connectivity index (χ4v) is 4.12. The van der Waals surface area contributed by atoms with Crippen molar-refractivity contribution in [2.75, 3.05) is 25.0 Å². The van der Waals surface area contributed by atoms with Gasteiger partial charge in [0.15, 0.2) is 0 Å². The van der Waals surface area contributed by atoms with Crippen molar-refractivity contribution in [3.63, 3.8) is 0 Å². The topological polar surface area (TPSA) is 151 Å². The number of hydrogen-bond donors (Lipinski definition) is 3. The Hall–Kier alpha value is -3.47. The predicted molar refractivity (Wildman–Crippen MR) is 127 cm³/mol. The Morgan fingerprint density at radius 2 is 1.97 bits per heavy atom. The van der Waals surface area contributed by atoms with Gasteiger partial charge >= 0.3 is 6.09 Å². The van der Waals surface area contributed by atoms with Crippen LogP contribution in [-0.2, 0) is 25.7 Å². The van der Waals surface area contributed by atoms with Gasteiger partial charge in [0.2, 0.25) is 17.7 Å². The number of carbonyl (C=O) groups excluding carboxylic acids is 5. The molecule has 2 heterocycles. The first kappa shape index (κ1) is 26.1. The predicted octanol–water partition coefficient (Wildman–Crippen LogP) is 1.36. The van der Waals surface area contributed by atoms with Crippen LogP contribution in [0.1, 0.15) is 62.4 Å². The van der Waals surface area contributed by atoms with E-state index in [-0.39, 0.29) is 50.1 Å². The third-order valence-electron chi connectivity index (χ3n) is 5.74. The Labute approximate surface area is 204 Å². The number of benzene rings is 1. The maximum absolute atomic E-state index is 12.9. The van der Waals surface area contributed by atoms with E-state index in [4.69, 9.17) is 10.5 Å². The summed E-state index contributed by atoms with van der Waals surface area (Å²) in [7, 11) is 0. The number of rotatable bonds is 8. The minimum Gasteiger partial charge on any atom is -0.444 e. The van der Waals surface area contributed by atoms with Crippen LogP contribution in [0, 0.1) is 0 Å². The second-order valence-electron chi connectivity index (χ2n) is 9.64. The van der Waals surface area contributed by atoms with Crippen molar-refractivity contribution >= 4 is 35.4 Å². The number of nitrogens with one attached hydrogen (secondary N) is 2. The molecule has 0 bridgehead atoms. The number of ether oxygens (including phenoxy) is 1. The summed E-state index contributed by atoms with van der Waals surface area (Å²) in [6.07, 6.45) is 0.518. The molecule has 0 spiro atoms. The molecule has 1 aromatic carbocycles. The largest absolute Gasteiger partial charge is 0.444 e. The van der Waals surface area contributed by atoms with Crippen molar-refractivity contribution in [2.45, 2.75) is 64.6 Å². The molecule has 35 heavy (non-hydrogen) atoms. The summed E-state index contributed by atoms with van der Waals surface area (Å²) in [6.45, 7) is 6.42. The molecule has 0 aliphatic carbocycles. The zero-order valence-corrected chi connectivity index (χ0v) is 20.4. The van der Waals surface area contributed by atoms with E-state index >= 15 is 0 Å². The smallest absolute Gasteiger partial charge is 0.410 e. The summed E-state index contributed by atoms with van der Waals surface area (Å²) < 4.78 is 5.39. The summed E-state index contributed by atoms with van der Waals surface area (Å²) in [4.78, 5) is 64.5. The van der Waals surface area contributed by atoms with Gasteiger partial charge in [0.1, 0.15) is 11.6 Å². The van der Waals surface area contributed by atoms with Gasteiger partial charge in [-0.05, 0) is 45.7 Å². The highest BCUT2D eigenvalue weighted by molar-refractivity contribution is 6.06. The van der Waals surface area contributed by atoms with Crippen LogP contribution in [0.3, 0.4) is 0 Å². The summed E-state index contributed by atoms with van der Waals surface area (Å²) in [5.41, 5.74) is 6.53. The van der Waals surface area contributed by atoms with Crippen molar-refractivity contribution in [2.24, 2.45) is 5.73 Å². The van der Waals surface area contributed by atoms with E-state index in [9.17, 15) is 24.0 Å². The number of carbonyl (C=O) groups is 5. The van der Waals surface area contributed by atoms with Gasteiger partial charge in [0, 0.05) is 55.8 Å². The van der Waals surface area contributed by atoms with Crippen LogP contribution in [0.4, 0.5) is 10.5 Å². The van der Waals surface area contributed by atoms with Crippen molar-refractivity contribution in [3.8, 4) is 0 Å². The van der Waals surface area contributed by atoms with E-state index in [1.807, 2.05) is 0 Å². The van der Waals surface area contributed by atoms with Crippen LogP contribution in [0.5, 0.6) is 0 Å². The standard InChI is InChI=1S/C24H33N5O6/c1-24(2,3)35-23(34)28(13-11-25)12-5-8-19(30)26-17-7-4-6-15-16(17)14-29(22(15)33)18-9-10-20(31)27-21(18)32/h4,6-7,18H,5,8-14,25H2,1-3H3,(H,26,30)(H,27,31,32). The van der Waals surface area contributed by atoms with Crippen molar-refractivity contribution in [1.82, 2.24) is 15.1 Å². The molecule has 5 amide bonds. The molecule has 1 fully saturated rings. The highest BCUT2D eigenvalue weighted by Crippen LogP contribution is 2.32. The minimum absolute atomic E-state index is 0.151. The summed E-state index contributed by atoms with van der Waals surface area (Å²) in [6, 6.07) is 4.31. The van der Waals surface area contributed by atoms with Gasteiger partial charge in [-0.2, -0.15) is 0 Å². The van der Waals surface area contributed by atoms with Gasteiger partial charge in [0.25, 0.3) is 5.91 Å². The van der Waals surface area contributed by atoms with Gasteiger partial charge in [-0.25, -0.2) is 4.79 Å². The summed E-state index contributed by atoms with van der Waals surface area (Å²) in [5.74, 6) is -1.40. The van der Waals surface area contributed by atoms with E-state index in [1.165, 1.54) is 9.80 Å². The number of piperidine rings is 1. The number of hydrogen-bond acceptors (Lipinski definition) is 7. The van der Waals surface area contributed by atoms with Crippen LogP contribution in [0.25, 0.3) is 0 Å². The number of nitrogens with zero attached hydrogens (tertiary/aromatic N) is 2. The number of nitrogens with two attached hydrogens (primary N) is 1. The third-order valence-corrected chi connectivity index (χ3v) is 5.74. The molecule has 11 nitrogen and oxygen atoms in total. The summed E-state index contributed by atoms with van der Waals surface area (Å²) >= 11 is 0. The van der Waals surface area contributed by atoms with Gasteiger partial charge in [0.05, 0.1) is 0 Å². The lowest BCUT2D eigenvalue weighted by atomic mass is 10.0. The number of amides is 5. The van der Waals surface area contributed by atoms with Crippen molar-refractivity contribution in [3.05, 3.63) is 29.3 Å². The van der Waals surface area contributed by atoms with E-state index in [0.29, 0.717) is 36.3 Å². The van der Waals surface area contributed by atoms with Crippen LogP contribution in [-0.4, -0.2) is 70.8 Å². The average Bonchev–Trinajstić information content (AvgIpc) is 3.09. The van der Waals surface area contributed by atoms with E-state index in [1.54, 1.807) is 39.0 Å². The molecule has 0 aromatic heterocycles. The lowest BCUT2D eigenvalue weighted by molar-refractivity contribution is -0.137. The Bertz CT molecular complexity index is 1020. The van der Waals surface area contributed by atoms with E-state index in [0.717, 1.165) is 0 Å². The van der Waals surface area contributed by atoms with Crippen LogP contribution >= 0.6 is 0 Å². The first-order chi connectivity index (χ1) is 16.5. The molecule has 190 valence electrons. The fraction of sp³-hybridized carbons (Fsp3) is 0.542. The monoisotopic (exact) mass is 487 g/mol. The average molecular weight is 488 g/mol. The van der Waals surface area contributed by atoms with Crippen molar-refractivity contribution < 1.29 is 28.7 Å². The zero-order valence-electron chi connectivity index (χ0n) is 20.4. The first-order valence-electron chi connectivity index (χ1n) is 11.7. The molecule has 0 radical (unpaired) electrons. The minimum atomic E-state index is -0.725. The number of fused-ring (bicyclic) bond motifs is 1. The molecule has 11 heteroatoms. The molecule has 2 aliphatic heterocycles. The third kappa shape index (κ3) is 6.56. The van der Waals surface area contributed by atoms with Crippen LogP contribution in [0.2, 0.25) is 0 Å². The Morgan fingerprint density at radius 1 is 1.23 bits per heavy atom. The van der Waals surface area contributed by atoms with E-state index < -0.39 is 23.6 Å². The molecular weight excluding hydrogens is 454 g/mol. The lowest BCUT2D eigenvalue weighted by Gasteiger charge is -2.29. The first-order valence-corrected chi connectivity index (χ1v) is 11.7. The van der Waals surface area contributed by atoms with Crippen LogP contribution < -0.4 is 16.4 Å². The normalized spacial score (nSPS) is 17.7. The molecule has 1 unspecified atom stereocenters. The molecule has 4 N–H and O–H groups in total. The maximum atomic E-state index is 12.9. The molecule has 0 saturated carbocycles. The number of anilines is 1. The van der Waals surface area contributed by atoms with Gasteiger partial charge in [-0.1, -0.05) is 6.07 Å². The second kappa shape index (κ2) is 10.9. The quantitative estimate of drug-likeness (QED) is 0.468. The van der Waals surface area contributed by atoms with Crippen LogP contribution in [0.15, 0.2) is 18.2 Å². The molecule has 1 aromatic rings. The lowest BCUT2D eigenvalue weighted by Crippen LogP contribution is -2.52.